The number of hydrogen-bond acceptors (Lipinski definition) is 3. The molecule has 2 rings (SSSR count). The third-order valence-corrected chi connectivity index (χ3v) is 3.40. The Labute approximate surface area is 134 Å². The zero-order chi connectivity index (χ0) is 15.4. The highest BCUT2D eigenvalue weighted by Crippen LogP contribution is 2.25. The number of ketones is 1. The van der Waals surface area contributed by atoms with E-state index in [4.69, 9.17) is 4.74 Å². The van der Waals surface area contributed by atoms with Crippen LogP contribution in [0.3, 0.4) is 0 Å². The lowest BCUT2D eigenvalue weighted by molar-refractivity contribution is -0.0498. The van der Waals surface area contributed by atoms with E-state index < -0.39 is 6.61 Å². The maximum Gasteiger partial charge on any atom is 0.387 e. The number of carbonyl (C=O) groups excluding carboxylic acids is 1. The first-order chi connectivity index (χ1) is 10.0. The predicted molar refractivity (Wildman–Crippen MR) is 82.2 cm³/mol. The van der Waals surface area contributed by atoms with E-state index >= 15 is 0 Å². The summed E-state index contributed by atoms with van der Waals surface area (Å²) in [6, 6.07) is 10.9. The normalized spacial score (nSPS) is 10.5. The average molecular weight is 404 g/mol. The van der Waals surface area contributed by atoms with Gasteiger partial charge in [0.15, 0.2) is 5.78 Å². The molecule has 0 aromatic heterocycles. The van der Waals surface area contributed by atoms with E-state index in [2.05, 4.69) is 27.3 Å². The van der Waals surface area contributed by atoms with Gasteiger partial charge in [-0.1, -0.05) is 12.1 Å². The molecular formula is C15H11F2IO3. The van der Waals surface area contributed by atoms with Crippen molar-refractivity contribution in [2.75, 3.05) is 7.11 Å². The second kappa shape index (κ2) is 6.84. The topological polar surface area (TPSA) is 35.5 Å². The lowest BCUT2D eigenvalue weighted by atomic mass is 10.0. The summed E-state index contributed by atoms with van der Waals surface area (Å²) in [5.41, 5.74) is 0.632. The van der Waals surface area contributed by atoms with Crippen LogP contribution in [0.15, 0.2) is 42.5 Å². The van der Waals surface area contributed by atoms with Crippen molar-refractivity contribution in [1.82, 2.24) is 0 Å². The van der Waals surface area contributed by atoms with Crippen LogP contribution in [0, 0.1) is 3.57 Å². The van der Waals surface area contributed by atoms with Gasteiger partial charge in [-0.2, -0.15) is 8.78 Å². The van der Waals surface area contributed by atoms with Crippen LogP contribution in [0.1, 0.15) is 15.9 Å². The van der Waals surface area contributed by atoms with E-state index in [0.29, 0.717) is 11.3 Å². The van der Waals surface area contributed by atoms with Gasteiger partial charge in [-0.15, -0.1) is 0 Å². The summed E-state index contributed by atoms with van der Waals surface area (Å²) in [5, 5.41) is 0. The molecule has 110 valence electrons. The number of rotatable bonds is 5. The Morgan fingerprint density at radius 3 is 2.62 bits per heavy atom. The molecule has 0 N–H and O–H groups in total. The van der Waals surface area contributed by atoms with Crippen LogP contribution >= 0.6 is 22.6 Å². The minimum atomic E-state index is -2.93. The molecule has 0 atom stereocenters. The van der Waals surface area contributed by atoms with Crippen LogP contribution in [-0.4, -0.2) is 19.5 Å². The Morgan fingerprint density at radius 1 is 1.19 bits per heavy atom. The quantitative estimate of drug-likeness (QED) is 0.556. The summed E-state index contributed by atoms with van der Waals surface area (Å²) in [6.07, 6.45) is 0. The van der Waals surface area contributed by atoms with E-state index in [1.54, 1.807) is 18.2 Å². The highest BCUT2D eigenvalue weighted by molar-refractivity contribution is 14.1. The van der Waals surface area contributed by atoms with Crippen molar-refractivity contribution in [3.8, 4) is 11.5 Å². The van der Waals surface area contributed by atoms with E-state index in [0.717, 1.165) is 3.57 Å². The molecule has 0 amide bonds. The van der Waals surface area contributed by atoms with Gasteiger partial charge in [-0.05, 0) is 52.9 Å². The molecule has 0 aliphatic rings. The number of carbonyl (C=O) groups is 1. The Kier molecular flexibility index (Phi) is 5.11. The molecule has 0 bridgehead atoms. The zero-order valence-corrected chi connectivity index (χ0v) is 13.1. The standard InChI is InChI=1S/C15H11F2IO3/c1-20-13-6-5-10(18)8-12(13)14(19)9-3-2-4-11(7-9)21-15(16)17/h2-8,15H,1H3. The summed E-state index contributed by atoms with van der Waals surface area (Å²) in [5.74, 6) is 0.0612. The largest absolute Gasteiger partial charge is 0.496 e. The smallest absolute Gasteiger partial charge is 0.387 e. The Bertz CT molecular complexity index is 659. The van der Waals surface area contributed by atoms with Crippen LogP contribution in [0.5, 0.6) is 11.5 Å². The predicted octanol–water partition coefficient (Wildman–Crippen LogP) is 4.13. The second-order valence-electron chi connectivity index (χ2n) is 4.08. The first-order valence-electron chi connectivity index (χ1n) is 5.94. The SMILES string of the molecule is COc1ccc(I)cc1C(=O)c1cccc(OC(F)F)c1. The number of ether oxygens (including phenoxy) is 2. The Balaban J connectivity index is 2.38. The molecule has 0 aliphatic heterocycles. The van der Waals surface area contributed by atoms with Crippen LogP contribution in [0.2, 0.25) is 0 Å². The molecule has 0 heterocycles. The van der Waals surface area contributed by atoms with Gasteiger partial charge in [-0.25, -0.2) is 0 Å². The molecule has 0 saturated heterocycles. The van der Waals surface area contributed by atoms with Crippen molar-refractivity contribution < 1.29 is 23.0 Å². The van der Waals surface area contributed by atoms with Crippen LogP contribution in [0.25, 0.3) is 0 Å². The van der Waals surface area contributed by atoms with Gasteiger partial charge >= 0.3 is 6.61 Å². The average Bonchev–Trinajstić information content (AvgIpc) is 2.46. The third-order valence-electron chi connectivity index (χ3n) is 2.73. The number of alkyl halides is 2. The number of hydrogen-bond donors (Lipinski definition) is 0. The second-order valence-corrected chi connectivity index (χ2v) is 5.33. The van der Waals surface area contributed by atoms with Crippen molar-refractivity contribution in [1.29, 1.82) is 0 Å². The highest BCUT2D eigenvalue weighted by atomic mass is 127. The van der Waals surface area contributed by atoms with E-state index in [9.17, 15) is 13.6 Å². The summed E-state index contributed by atoms with van der Waals surface area (Å²) < 4.78 is 34.8. The Morgan fingerprint density at radius 2 is 1.95 bits per heavy atom. The fraction of sp³-hybridized carbons (Fsp3) is 0.133. The molecular weight excluding hydrogens is 393 g/mol. The van der Waals surface area contributed by atoms with Gasteiger partial charge in [0.1, 0.15) is 11.5 Å². The van der Waals surface area contributed by atoms with Crippen molar-refractivity contribution in [2.24, 2.45) is 0 Å². The molecule has 0 fully saturated rings. The fourth-order valence-corrected chi connectivity index (χ4v) is 2.32. The van der Waals surface area contributed by atoms with E-state index in [1.807, 2.05) is 6.07 Å². The summed E-state index contributed by atoms with van der Waals surface area (Å²) in [6.45, 7) is -2.93. The third kappa shape index (κ3) is 3.90. The molecule has 0 spiro atoms. The van der Waals surface area contributed by atoms with E-state index in [1.165, 1.54) is 25.3 Å². The van der Waals surface area contributed by atoms with Crippen molar-refractivity contribution in [3.05, 3.63) is 57.2 Å². The van der Waals surface area contributed by atoms with Gasteiger partial charge in [0, 0.05) is 9.13 Å². The van der Waals surface area contributed by atoms with Gasteiger partial charge in [0.05, 0.1) is 12.7 Å². The fourth-order valence-electron chi connectivity index (χ4n) is 1.83. The molecule has 3 nitrogen and oxygen atoms in total. The monoisotopic (exact) mass is 404 g/mol. The molecule has 6 heteroatoms. The van der Waals surface area contributed by atoms with Crippen LogP contribution < -0.4 is 9.47 Å². The minimum absolute atomic E-state index is 0.0551. The van der Waals surface area contributed by atoms with Gasteiger partial charge < -0.3 is 9.47 Å². The first-order valence-corrected chi connectivity index (χ1v) is 7.02. The van der Waals surface area contributed by atoms with Crippen LogP contribution in [-0.2, 0) is 0 Å². The molecule has 0 radical (unpaired) electrons. The van der Waals surface area contributed by atoms with Gasteiger partial charge in [0.25, 0.3) is 0 Å². The van der Waals surface area contributed by atoms with Crippen molar-refractivity contribution in [3.63, 3.8) is 0 Å². The van der Waals surface area contributed by atoms with Crippen LogP contribution in [0.4, 0.5) is 8.78 Å². The number of halogens is 3. The van der Waals surface area contributed by atoms with Gasteiger partial charge in [0.2, 0.25) is 0 Å². The van der Waals surface area contributed by atoms with Gasteiger partial charge in [-0.3, -0.25) is 4.79 Å². The van der Waals surface area contributed by atoms with E-state index in [-0.39, 0.29) is 17.1 Å². The molecule has 2 aromatic rings. The zero-order valence-electron chi connectivity index (χ0n) is 11.0. The highest BCUT2D eigenvalue weighted by Gasteiger charge is 2.16. The molecule has 2 aromatic carbocycles. The molecule has 0 saturated carbocycles. The first kappa shape index (κ1) is 15.7. The molecule has 0 unspecified atom stereocenters. The Hall–Kier alpha value is -1.70. The minimum Gasteiger partial charge on any atom is -0.496 e. The number of methoxy groups -OCH3 is 1. The van der Waals surface area contributed by atoms with Crippen molar-refractivity contribution >= 4 is 28.4 Å². The molecule has 21 heavy (non-hydrogen) atoms. The summed E-state index contributed by atoms with van der Waals surface area (Å²) in [7, 11) is 1.47. The summed E-state index contributed by atoms with van der Waals surface area (Å²) >= 11 is 2.08. The number of benzene rings is 2. The maximum atomic E-state index is 12.5. The lowest BCUT2D eigenvalue weighted by Crippen LogP contribution is -2.06. The lowest BCUT2D eigenvalue weighted by Gasteiger charge is -2.09. The maximum absolute atomic E-state index is 12.5. The summed E-state index contributed by atoms with van der Waals surface area (Å²) in [4.78, 5) is 12.5. The molecule has 0 aliphatic carbocycles. The van der Waals surface area contributed by atoms with Crippen molar-refractivity contribution in [2.45, 2.75) is 6.61 Å².